The van der Waals surface area contributed by atoms with Crippen LogP contribution in [0, 0.1) is 10.1 Å². The molecule has 5 rings (SSSR count). The third-order valence-corrected chi connectivity index (χ3v) is 11.8. The normalized spacial score (nSPS) is 13.7. The van der Waals surface area contributed by atoms with Crippen LogP contribution >= 0.6 is 27.3 Å². The van der Waals surface area contributed by atoms with Gasteiger partial charge in [0.05, 0.1) is 25.6 Å². The summed E-state index contributed by atoms with van der Waals surface area (Å²) in [6, 6.07) is 22.6. The molecule has 0 radical (unpaired) electrons. The number of hydrogen-bond acceptors (Lipinski definition) is 11. The molecule has 262 valence electrons. The molecule has 0 amide bonds. The monoisotopic (exact) mass is 783 g/mol. The van der Waals surface area contributed by atoms with E-state index in [0.717, 1.165) is 28.2 Å². The number of thiophene rings is 1. The van der Waals surface area contributed by atoms with Crippen molar-refractivity contribution in [2.45, 2.75) is 31.2 Å². The molecule has 0 saturated carbocycles. The molecule has 2 heterocycles. The van der Waals surface area contributed by atoms with Gasteiger partial charge in [-0.1, -0.05) is 67.3 Å². The van der Waals surface area contributed by atoms with Gasteiger partial charge in [0.15, 0.2) is 17.2 Å². The molecular weight excluding hydrogens is 750 g/mol. The number of ether oxygens (including phenoxy) is 3. The minimum absolute atomic E-state index is 0.00861. The van der Waals surface area contributed by atoms with Crippen LogP contribution < -0.4 is 10.1 Å². The van der Waals surface area contributed by atoms with Crippen molar-refractivity contribution in [2.24, 2.45) is 0 Å². The van der Waals surface area contributed by atoms with Gasteiger partial charge in [-0.05, 0) is 58.1 Å². The summed E-state index contributed by atoms with van der Waals surface area (Å²) in [6.45, 7) is 3.46. The van der Waals surface area contributed by atoms with Gasteiger partial charge in [-0.2, -0.15) is 0 Å². The number of nitro benzene ring substituents is 1. The first-order chi connectivity index (χ1) is 24.1. The van der Waals surface area contributed by atoms with Gasteiger partial charge in [-0.15, -0.1) is 11.3 Å². The molecule has 1 aliphatic rings. The SMILES string of the molecule is C=CCOC(=O)COc1c(C(=O)OCc2ccccc2[N+](=O)[O-])sc(-c2cccc(NC3CCN(S(=O)(=O)Cc4ccccc4)CC3)c2)c1Br. The van der Waals surface area contributed by atoms with E-state index in [1.165, 1.54) is 24.3 Å². The smallest absolute Gasteiger partial charge is 0.352 e. The number of halogens is 1. The number of piperidine rings is 1. The molecule has 1 aromatic heterocycles. The second kappa shape index (κ2) is 16.9. The lowest BCUT2D eigenvalue weighted by molar-refractivity contribution is -0.385. The van der Waals surface area contributed by atoms with E-state index in [2.05, 4.69) is 27.8 Å². The summed E-state index contributed by atoms with van der Waals surface area (Å²) in [7, 11) is -3.44. The van der Waals surface area contributed by atoms with E-state index >= 15 is 0 Å². The molecule has 15 heteroatoms. The number of hydrogen-bond donors (Lipinski definition) is 1. The minimum Gasteiger partial charge on any atom is -0.479 e. The van der Waals surface area contributed by atoms with E-state index in [1.54, 1.807) is 10.4 Å². The molecule has 1 N–H and O–H groups in total. The Balaban J connectivity index is 1.31. The standard InChI is InChI=1S/C35H34BrN3O9S2/c1-2-19-46-30(40)22-47-32-31(36)33(49-34(32)35(41)48-21-26-11-6-7-14-29(26)39(42)43)25-12-8-13-28(20-25)37-27-15-17-38(18-16-27)50(44,45)23-24-9-4-3-5-10-24/h2-14,20,27,37H,1,15-19,21-23H2. The zero-order valence-corrected chi connectivity index (χ0v) is 30.0. The van der Waals surface area contributed by atoms with Crippen LogP contribution in [0.15, 0.2) is 96.0 Å². The van der Waals surface area contributed by atoms with E-state index in [0.29, 0.717) is 35.3 Å². The molecule has 12 nitrogen and oxygen atoms in total. The highest BCUT2D eigenvalue weighted by Crippen LogP contribution is 2.46. The number of esters is 2. The fraction of sp³-hybridized carbons (Fsp3) is 0.257. The van der Waals surface area contributed by atoms with E-state index in [9.17, 15) is 28.1 Å². The van der Waals surface area contributed by atoms with Gasteiger partial charge in [-0.3, -0.25) is 10.1 Å². The zero-order chi connectivity index (χ0) is 35.7. The first-order valence-electron chi connectivity index (χ1n) is 15.6. The van der Waals surface area contributed by atoms with Crippen LogP contribution in [0.3, 0.4) is 0 Å². The predicted molar refractivity (Wildman–Crippen MR) is 194 cm³/mol. The quantitative estimate of drug-likeness (QED) is 0.0580. The first-order valence-corrected chi connectivity index (χ1v) is 18.8. The van der Waals surface area contributed by atoms with Gasteiger partial charge in [-0.25, -0.2) is 22.3 Å². The Hall–Kier alpha value is -4.57. The second-order valence-corrected chi connectivity index (χ2v) is 15.0. The van der Waals surface area contributed by atoms with Gasteiger partial charge in [0, 0.05) is 30.9 Å². The highest BCUT2D eigenvalue weighted by Gasteiger charge is 2.29. The number of anilines is 1. The van der Waals surface area contributed by atoms with Gasteiger partial charge in [0.2, 0.25) is 10.0 Å². The molecule has 0 unspecified atom stereocenters. The maximum Gasteiger partial charge on any atom is 0.352 e. The fourth-order valence-electron chi connectivity index (χ4n) is 5.33. The van der Waals surface area contributed by atoms with Gasteiger partial charge >= 0.3 is 11.9 Å². The number of nitro groups is 1. The molecule has 0 bridgehead atoms. The van der Waals surface area contributed by atoms with Crippen molar-refractivity contribution in [3.05, 3.63) is 122 Å². The Morgan fingerprint density at radius 3 is 2.48 bits per heavy atom. The highest BCUT2D eigenvalue weighted by atomic mass is 79.9. The summed E-state index contributed by atoms with van der Waals surface area (Å²) >= 11 is 4.62. The van der Waals surface area contributed by atoms with Crippen molar-refractivity contribution in [3.63, 3.8) is 0 Å². The van der Waals surface area contributed by atoms with Gasteiger partial charge in [0.1, 0.15) is 13.2 Å². The van der Waals surface area contributed by atoms with E-state index in [1.807, 2.05) is 54.6 Å². The lowest BCUT2D eigenvalue weighted by Gasteiger charge is -2.32. The Labute approximate surface area is 302 Å². The van der Waals surface area contributed by atoms with Crippen molar-refractivity contribution in [2.75, 3.05) is 31.6 Å². The molecule has 1 saturated heterocycles. The summed E-state index contributed by atoms with van der Waals surface area (Å²) in [5, 5.41) is 15.0. The van der Waals surface area contributed by atoms with Crippen LogP contribution in [0.2, 0.25) is 0 Å². The highest BCUT2D eigenvalue weighted by molar-refractivity contribution is 9.10. The molecule has 4 aromatic rings. The number of benzene rings is 3. The van der Waals surface area contributed by atoms with Crippen LogP contribution in [-0.2, 0) is 36.7 Å². The third-order valence-electron chi connectivity index (χ3n) is 7.77. The lowest BCUT2D eigenvalue weighted by Crippen LogP contribution is -2.42. The molecule has 3 aromatic carbocycles. The zero-order valence-electron chi connectivity index (χ0n) is 26.8. The van der Waals surface area contributed by atoms with Crippen LogP contribution in [0.1, 0.15) is 33.6 Å². The van der Waals surface area contributed by atoms with Gasteiger partial charge < -0.3 is 19.5 Å². The number of carbonyl (C=O) groups is 2. The predicted octanol–water partition coefficient (Wildman–Crippen LogP) is 6.96. The lowest BCUT2D eigenvalue weighted by atomic mass is 10.1. The molecule has 50 heavy (non-hydrogen) atoms. The van der Waals surface area contributed by atoms with E-state index < -0.39 is 33.5 Å². The number of nitrogens with one attached hydrogen (secondary N) is 1. The van der Waals surface area contributed by atoms with Crippen LogP contribution in [0.25, 0.3) is 10.4 Å². The molecular formula is C35H34BrN3O9S2. The topological polar surface area (TPSA) is 154 Å². The van der Waals surface area contributed by atoms with E-state index in [4.69, 9.17) is 14.2 Å². The van der Waals surface area contributed by atoms with Crippen LogP contribution in [0.5, 0.6) is 5.75 Å². The summed E-state index contributed by atoms with van der Waals surface area (Å²) in [5.41, 5.74) is 2.31. The molecule has 1 aliphatic heterocycles. The maximum absolute atomic E-state index is 13.4. The van der Waals surface area contributed by atoms with Crippen LogP contribution in [-0.4, -0.2) is 61.9 Å². The number of nitrogens with zero attached hydrogens (tertiary/aromatic N) is 2. The minimum atomic E-state index is -3.44. The largest absolute Gasteiger partial charge is 0.479 e. The third kappa shape index (κ3) is 9.35. The average Bonchev–Trinajstić information content (AvgIpc) is 3.45. The first kappa shape index (κ1) is 36.7. The molecule has 0 spiro atoms. The Morgan fingerprint density at radius 2 is 1.76 bits per heavy atom. The van der Waals surface area contributed by atoms with E-state index in [-0.39, 0.29) is 46.9 Å². The maximum atomic E-state index is 13.4. The van der Waals surface area contributed by atoms with Crippen molar-refractivity contribution in [1.29, 1.82) is 0 Å². The number of para-hydroxylation sites is 1. The Bertz CT molecular complexity index is 1960. The second-order valence-electron chi connectivity index (χ2n) is 11.3. The van der Waals surface area contributed by atoms with Crippen molar-refractivity contribution < 1.29 is 37.1 Å². The summed E-state index contributed by atoms with van der Waals surface area (Å²) < 4.78 is 44.3. The molecule has 1 fully saturated rings. The van der Waals surface area contributed by atoms with Crippen molar-refractivity contribution >= 4 is 60.6 Å². The summed E-state index contributed by atoms with van der Waals surface area (Å²) in [5.74, 6) is -1.44. The van der Waals surface area contributed by atoms with Crippen molar-refractivity contribution in [3.8, 4) is 16.2 Å². The summed E-state index contributed by atoms with van der Waals surface area (Å²) in [4.78, 5) is 37.2. The number of rotatable bonds is 15. The Kier molecular flexibility index (Phi) is 12.4. The molecule has 0 aliphatic carbocycles. The van der Waals surface area contributed by atoms with Crippen molar-refractivity contribution in [1.82, 2.24) is 4.31 Å². The number of sulfonamides is 1. The summed E-state index contributed by atoms with van der Waals surface area (Å²) in [6.07, 6.45) is 2.66. The average molecular weight is 785 g/mol. The number of carbonyl (C=O) groups excluding carboxylic acids is 2. The molecule has 0 atom stereocenters. The van der Waals surface area contributed by atoms with Crippen LogP contribution in [0.4, 0.5) is 11.4 Å². The van der Waals surface area contributed by atoms with Gasteiger partial charge in [0.25, 0.3) is 5.69 Å². The fourth-order valence-corrected chi connectivity index (χ4v) is 8.84. The Morgan fingerprint density at radius 1 is 1.04 bits per heavy atom.